The molecule has 0 radical (unpaired) electrons. The van der Waals surface area contributed by atoms with Gasteiger partial charge in [0.15, 0.2) is 5.65 Å². The van der Waals surface area contributed by atoms with Gasteiger partial charge in [0.05, 0.1) is 23.3 Å². The second-order valence-corrected chi connectivity index (χ2v) is 6.06. The number of fused-ring (bicyclic) bond motifs is 1. The predicted molar refractivity (Wildman–Crippen MR) is 98.7 cm³/mol. The van der Waals surface area contributed by atoms with Gasteiger partial charge in [-0.05, 0) is 32.0 Å². The number of aromatic nitrogens is 5. The zero-order chi connectivity index (χ0) is 17.4. The highest BCUT2D eigenvalue weighted by atomic mass is 35.5. The Bertz CT molecular complexity index is 1040. The van der Waals surface area contributed by atoms with Crippen molar-refractivity contribution in [1.29, 1.82) is 0 Å². The third-order valence-electron chi connectivity index (χ3n) is 3.79. The van der Waals surface area contributed by atoms with Crippen LogP contribution in [0.4, 0.5) is 11.5 Å². The number of aryl methyl sites for hydroxylation is 2. The quantitative estimate of drug-likeness (QED) is 0.560. The number of para-hydroxylation sites is 1. The number of hydrogen-bond donors (Lipinski definition) is 1. The number of pyridine rings is 1. The van der Waals surface area contributed by atoms with Crippen molar-refractivity contribution >= 4 is 34.1 Å². The lowest BCUT2D eigenvalue weighted by molar-refractivity contribution is 0.878. The Balaban J connectivity index is 1.75. The van der Waals surface area contributed by atoms with Crippen molar-refractivity contribution in [3.8, 4) is 5.69 Å². The van der Waals surface area contributed by atoms with E-state index in [2.05, 4.69) is 25.4 Å². The highest BCUT2D eigenvalue weighted by Gasteiger charge is 2.11. The maximum absolute atomic E-state index is 5.99. The molecule has 7 heteroatoms. The summed E-state index contributed by atoms with van der Waals surface area (Å²) >= 11 is 5.99. The summed E-state index contributed by atoms with van der Waals surface area (Å²) in [5, 5.41) is 9.21. The van der Waals surface area contributed by atoms with Gasteiger partial charge in [-0.25, -0.2) is 19.6 Å². The van der Waals surface area contributed by atoms with E-state index < -0.39 is 0 Å². The van der Waals surface area contributed by atoms with E-state index in [9.17, 15) is 0 Å². The Labute approximate surface area is 149 Å². The molecular formula is C18H15ClN6. The Morgan fingerprint density at radius 3 is 2.60 bits per heavy atom. The minimum Gasteiger partial charge on any atom is -0.339 e. The van der Waals surface area contributed by atoms with Gasteiger partial charge in [-0.3, -0.25) is 0 Å². The van der Waals surface area contributed by atoms with E-state index in [1.165, 1.54) is 0 Å². The molecule has 0 unspecified atom stereocenters. The molecule has 0 bridgehead atoms. The van der Waals surface area contributed by atoms with E-state index in [0.717, 1.165) is 28.1 Å². The first-order valence-electron chi connectivity index (χ1n) is 7.79. The summed E-state index contributed by atoms with van der Waals surface area (Å²) in [7, 11) is 0. The molecule has 0 spiro atoms. The maximum Gasteiger partial charge on any atom is 0.163 e. The van der Waals surface area contributed by atoms with E-state index in [4.69, 9.17) is 11.6 Å². The lowest BCUT2D eigenvalue weighted by Gasteiger charge is -2.07. The third kappa shape index (κ3) is 3.04. The summed E-state index contributed by atoms with van der Waals surface area (Å²) in [4.78, 5) is 13.0. The van der Waals surface area contributed by atoms with Crippen molar-refractivity contribution in [3.63, 3.8) is 0 Å². The van der Waals surface area contributed by atoms with Crippen LogP contribution in [-0.4, -0.2) is 24.7 Å². The number of hydrogen-bond acceptors (Lipinski definition) is 5. The molecule has 25 heavy (non-hydrogen) atoms. The lowest BCUT2D eigenvalue weighted by atomic mass is 10.2. The Kier molecular flexibility index (Phi) is 3.82. The van der Waals surface area contributed by atoms with Crippen LogP contribution in [0.2, 0.25) is 5.15 Å². The minimum atomic E-state index is 0.400. The summed E-state index contributed by atoms with van der Waals surface area (Å²) in [6.45, 7) is 3.77. The molecule has 0 amide bonds. The molecule has 3 aromatic heterocycles. The molecule has 0 aliphatic heterocycles. The number of nitrogens with one attached hydrogen (secondary N) is 1. The van der Waals surface area contributed by atoms with Crippen LogP contribution in [0.3, 0.4) is 0 Å². The lowest BCUT2D eigenvalue weighted by Crippen LogP contribution is -1.99. The van der Waals surface area contributed by atoms with E-state index in [1.54, 1.807) is 19.2 Å². The monoisotopic (exact) mass is 350 g/mol. The van der Waals surface area contributed by atoms with Crippen LogP contribution in [0.25, 0.3) is 16.7 Å². The summed E-state index contributed by atoms with van der Waals surface area (Å²) in [6, 6.07) is 13.6. The number of anilines is 2. The molecule has 0 aliphatic rings. The summed E-state index contributed by atoms with van der Waals surface area (Å²) in [5.74, 6) is 1.24. The van der Waals surface area contributed by atoms with Crippen LogP contribution < -0.4 is 5.32 Å². The zero-order valence-electron chi connectivity index (χ0n) is 13.7. The van der Waals surface area contributed by atoms with Gasteiger partial charge in [0.2, 0.25) is 0 Å². The molecule has 4 rings (SSSR count). The summed E-state index contributed by atoms with van der Waals surface area (Å²) in [5.41, 5.74) is 3.52. The van der Waals surface area contributed by atoms with Gasteiger partial charge in [-0.1, -0.05) is 29.8 Å². The molecule has 4 aromatic rings. The molecule has 1 aromatic carbocycles. The number of benzene rings is 1. The highest BCUT2D eigenvalue weighted by molar-refractivity contribution is 6.29. The van der Waals surface area contributed by atoms with Gasteiger partial charge in [0.25, 0.3) is 0 Å². The van der Waals surface area contributed by atoms with E-state index in [1.807, 2.05) is 48.0 Å². The fraction of sp³-hybridized carbons (Fsp3) is 0.111. The topological polar surface area (TPSA) is 68.5 Å². The molecule has 0 atom stereocenters. The van der Waals surface area contributed by atoms with Crippen molar-refractivity contribution in [3.05, 3.63) is 65.3 Å². The maximum atomic E-state index is 5.99. The fourth-order valence-electron chi connectivity index (χ4n) is 2.70. The average Bonchev–Trinajstić information content (AvgIpc) is 2.91. The molecule has 6 nitrogen and oxygen atoms in total. The highest BCUT2D eigenvalue weighted by Crippen LogP contribution is 2.24. The largest absolute Gasteiger partial charge is 0.339 e. The Morgan fingerprint density at radius 2 is 1.84 bits per heavy atom. The molecule has 1 N–H and O–H groups in total. The average molecular weight is 351 g/mol. The van der Waals surface area contributed by atoms with Gasteiger partial charge < -0.3 is 5.32 Å². The van der Waals surface area contributed by atoms with Crippen LogP contribution in [0, 0.1) is 13.8 Å². The molecule has 0 saturated carbocycles. The molecule has 3 heterocycles. The molecule has 0 saturated heterocycles. The first-order chi connectivity index (χ1) is 12.1. The van der Waals surface area contributed by atoms with E-state index >= 15 is 0 Å². The first kappa shape index (κ1) is 15.5. The molecule has 0 fully saturated rings. The van der Waals surface area contributed by atoms with Crippen LogP contribution in [0.5, 0.6) is 0 Å². The van der Waals surface area contributed by atoms with Crippen molar-refractivity contribution in [1.82, 2.24) is 24.7 Å². The smallest absolute Gasteiger partial charge is 0.163 e. The van der Waals surface area contributed by atoms with Crippen molar-refractivity contribution in [2.24, 2.45) is 0 Å². The van der Waals surface area contributed by atoms with Crippen LogP contribution in [-0.2, 0) is 0 Å². The van der Waals surface area contributed by atoms with E-state index in [0.29, 0.717) is 16.8 Å². The Hall–Kier alpha value is -2.99. The molecular weight excluding hydrogens is 336 g/mol. The normalized spacial score (nSPS) is 11.0. The van der Waals surface area contributed by atoms with Crippen LogP contribution >= 0.6 is 11.6 Å². The van der Waals surface area contributed by atoms with Crippen molar-refractivity contribution in [2.75, 3.05) is 5.32 Å². The second kappa shape index (κ2) is 6.14. The van der Waals surface area contributed by atoms with Gasteiger partial charge in [0, 0.05) is 11.5 Å². The number of halogens is 1. The number of rotatable bonds is 3. The third-order valence-corrected chi connectivity index (χ3v) is 3.98. The standard InChI is InChI=1S/C18H15ClN6/c1-11-15-8-13(23-17-9-16(19)21-12(2)22-17)10-20-18(15)25(24-11)14-6-4-3-5-7-14/h3-10H,1-2H3,(H,21,22,23). The van der Waals surface area contributed by atoms with Gasteiger partial charge in [-0.15, -0.1) is 0 Å². The fourth-order valence-corrected chi connectivity index (χ4v) is 2.93. The zero-order valence-corrected chi connectivity index (χ0v) is 14.5. The summed E-state index contributed by atoms with van der Waals surface area (Å²) < 4.78 is 1.85. The SMILES string of the molecule is Cc1nc(Cl)cc(Nc2cnc3c(c2)c(C)nn3-c2ccccc2)n1. The molecule has 124 valence electrons. The van der Waals surface area contributed by atoms with Crippen molar-refractivity contribution in [2.45, 2.75) is 13.8 Å². The van der Waals surface area contributed by atoms with E-state index in [-0.39, 0.29) is 0 Å². The van der Waals surface area contributed by atoms with Crippen LogP contribution in [0.1, 0.15) is 11.5 Å². The minimum absolute atomic E-state index is 0.400. The predicted octanol–water partition coefficient (Wildman–Crippen LogP) is 4.22. The van der Waals surface area contributed by atoms with Crippen LogP contribution in [0.15, 0.2) is 48.7 Å². The van der Waals surface area contributed by atoms with Gasteiger partial charge in [-0.2, -0.15) is 5.10 Å². The van der Waals surface area contributed by atoms with Gasteiger partial charge >= 0.3 is 0 Å². The second-order valence-electron chi connectivity index (χ2n) is 5.68. The molecule has 0 aliphatic carbocycles. The van der Waals surface area contributed by atoms with Gasteiger partial charge in [0.1, 0.15) is 16.8 Å². The Morgan fingerprint density at radius 1 is 1.04 bits per heavy atom. The summed E-state index contributed by atoms with van der Waals surface area (Å²) in [6.07, 6.45) is 1.76. The number of nitrogens with zero attached hydrogens (tertiary/aromatic N) is 5. The van der Waals surface area contributed by atoms with Crippen molar-refractivity contribution < 1.29 is 0 Å². The first-order valence-corrected chi connectivity index (χ1v) is 8.17.